The molecule has 17 heavy (non-hydrogen) atoms. The molecule has 1 heterocycles. The van der Waals surface area contributed by atoms with Crippen molar-refractivity contribution < 1.29 is 9.53 Å². The van der Waals surface area contributed by atoms with E-state index in [0.29, 0.717) is 10.9 Å². The van der Waals surface area contributed by atoms with Gasteiger partial charge in [0.1, 0.15) is 6.07 Å². The molecule has 0 unspecified atom stereocenters. The number of aromatic nitrogens is 2. The van der Waals surface area contributed by atoms with Crippen molar-refractivity contribution in [2.24, 2.45) is 0 Å². The Kier molecular flexibility index (Phi) is 2.71. The van der Waals surface area contributed by atoms with Crippen LogP contribution in [0.4, 0.5) is 0 Å². The van der Waals surface area contributed by atoms with Gasteiger partial charge in [0.15, 0.2) is 5.75 Å². The molecule has 0 atom stereocenters. The van der Waals surface area contributed by atoms with Gasteiger partial charge in [0.25, 0.3) is 0 Å². The Hall–Kier alpha value is -2.48. The number of benzene rings is 1. The summed E-state index contributed by atoms with van der Waals surface area (Å²) < 4.78 is 5.04. The van der Waals surface area contributed by atoms with Crippen LogP contribution in [0, 0.1) is 18.3 Å². The highest BCUT2D eigenvalue weighted by molar-refractivity contribution is 5.89. The first-order chi connectivity index (χ1) is 8.11. The molecule has 1 aromatic carbocycles. The Labute approximate surface area is 97.6 Å². The van der Waals surface area contributed by atoms with Gasteiger partial charge in [-0.15, -0.1) is 10.2 Å². The number of hydrogen-bond donors (Lipinski definition) is 0. The maximum absolute atomic E-state index is 11.0. The van der Waals surface area contributed by atoms with Gasteiger partial charge in [0.05, 0.1) is 5.52 Å². The molecule has 0 bridgehead atoms. The Morgan fingerprint density at radius 3 is 2.82 bits per heavy atom. The smallest absolute Gasteiger partial charge is 0.308 e. The van der Waals surface area contributed by atoms with Crippen LogP contribution in [-0.4, -0.2) is 16.2 Å². The number of nitrogens with zero attached hydrogens (tertiary/aromatic N) is 3. The molecule has 2 rings (SSSR count). The van der Waals surface area contributed by atoms with Gasteiger partial charge in [-0.3, -0.25) is 4.79 Å². The molecule has 0 aliphatic heterocycles. The number of esters is 1. The molecule has 0 amide bonds. The first-order valence-corrected chi connectivity index (χ1v) is 4.97. The third-order valence-corrected chi connectivity index (χ3v) is 2.22. The maximum Gasteiger partial charge on any atom is 0.308 e. The van der Waals surface area contributed by atoms with E-state index in [-0.39, 0.29) is 11.4 Å². The maximum atomic E-state index is 11.0. The number of ether oxygens (including phenoxy) is 1. The Morgan fingerprint density at radius 1 is 1.41 bits per heavy atom. The van der Waals surface area contributed by atoms with Crippen molar-refractivity contribution in [3.63, 3.8) is 0 Å². The molecule has 0 saturated carbocycles. The van der Waals surface area contributed by atoms with Gasteiger partial charge < -0.3 is 4.74 Å². The van der Waals surface area contributed by atoms with Crippen molar-refractivity contribution in [3.8, 4) is 11.8 Å². The van der Waals surface area contributed by atoms with Gasteiger partial charge in [-0.2, -0.15) is 5.26 Å². The lowest BCUT2D eigenvalue weighted by atomic mass is 10.1. The zero-order valence-electron chi connectivity index (χ0n) is 9.39. The molecule has 0 radical (unpaired) electrons. The Balaban J connectivity index is 2.77. The summed E-state index contributed by atoms with van der Waals surface area (Å²) in [7, 11) is 0. The second-order valence-corrected chi connectivity index (χ2v) is 3.60. The largest absolute Gasteiger partial charge is 0.423 e. The fourth-order valence-electron chi connectivity index (χ4n) is 1.52. The van der Waals surface area contributed by atoms with Crippen molar-refractivity contribution in [1.29, 1.82) is 5.26 Å². The lowest BCUT2D eigenvalue weighted by Crippen LogP contribution is -2.05. The van der Waals surface area contributed by atoms with Crippen molar-refractivity contribution in [3.05, 3.63) is 29.5 Å². The van der Waals surface area contributed by atoms with E-state index in [2.05, 4.69) is 10.2 Å². The van der Waals surface area contributed by atoms with Crippen LogP contribution in [0.1, 0.15) is 18.2 Å². The van der Waals surface area contributed by atoms with Crippen molar-refractivity contribution in [2.75, 3.05) is 0 Å². The monoisotopic (exact) mass is 227 g/mol. The van der Waals surface area contributed by atoms with Crippen molar-refractivity contribution in [2.45, 2.75) is 13.8 Å². The summed E-state index contributed by atoms with van der Waals surface area (Å²) in [6, 6.07) is 7.32. The predicted octanol–water partition coefficient (Wildman–Crippen LogP) is 1.74. The van der Waals surface area contributed by atoms with Gasteiger partial charge in [0, 0.05) is 12.3 Å². The van der Waals surface area contributed by atoms with E-state index in [1.807, 2.05) is 25.1 Å². The van der Waals surface area contributed by atoms with Crippen LogP contribution < -0.4 is 4.74 Å². The van der Waals surface area contributed by atoms with E-state index in [1.54, 1.807) is 6.07 Å². The fourth-order valence-corrected chi connectivity index (χ4v) is 1.52. The van der Waals surface area contributed by atoms with Gasteiger partial charge >= 0.3 is 5.97 Å². The number of nitriles is 1. The average Bonchev–Trinajstić information content (AvgIpc) is 2.29. The summed E-state index contributed by atoms with van der Waals surface area (Å²) in [6.45, 7) is 3.19. The first kappa shape index (κ1) is 11.0. The lowest BCUT2D eigenvalue weighted by molar-refractivity contribution is -0.131. The third-order valence-electron chi connectivity index (χ3n) is 2.22. The number of carbonyl (C=O) groups is 1. The van der Waals surface area contributed by atoms with Crippen LogP contribution in [0.3, 0.4) is 0 Å². The number of hydrogen-bond acceptors (Lipinski definition) is 5. The molecule has 5 nitrogen and oxygen atoms in total. The van der Waals surface area contributed by atoms with Crippen LogP contribution in [0.15, 0.2) is 18.2 Å². The summed E-state index contributed by atoms with van der Waals surface area (Å²) in [5, 5.41) is 17.2. The van der Waals surface area contributed by atoms with Crippen molar-refractivity contribution in [1.82, 2.24) is 10.2 Å². The number of fused-ring (bicyclic) bond motifs is 1. The standard InChI is InChI=1S/C12H9N3O2/c1-7-3-4-10-9(5-7)12(17-8(2)16)11(6-13)15-14-10/h3-5H,1-2H3. The average molecular weight is 227 g/mol. The number of rotatable bonds is 1. The molecule has 0 fully saturated rings. The van der Waals surface area contributed by atoms with E-state index in [4.69, 9.17) is 10.00 Å². The van der Waals surface area contributed by atoms with Gasteiger partial charge in [-0.1, -0.05) is 11.6 Å². The highest BCUT2D eigenvalue weighted by atomic mass is 16.5. The molecule has 1 aromatic heterocycles. The minimum absolute atomic E-state index is 0.0123. The molecule has 84 valence electrons. The SMILES string of the molecule is CC(=O)Oc1c(C#N)nnc2ccc(C)cc12. The lowest BCUT2D eigenvalue weighted by Gasteiger charge is -2.06. The summed E-state index contributed by atoms with van der Waals surface area (Å²) in [5.74, 6) is -0.314. The molecule has 0 spiro atoms. The molecular weight excluding hydrogens is 218 g/mol. The van der Waals surface area contributed by atoms with E-state index in [9.17, 15) is 4.79 Å². The predicted molar refractivity (Wildman–Crippen MR) is 60.3 cm³/mol. The van der Waals surface area contributed by atoms with Gasteiger partial charge in [0.2, 0.25) is 5.69 Å². The van der Waals surface area contributed by atoms with Crippen molar-refractivity contribution >= 4 is 16.9 Å². The molecule has 0 saturated heterocycles. The van der Waals surface area contributed by atoms with E-state index >= 15 is 0 Å². The van der Waals surface area contributed by atoms with E-state index < -0.39 is 5.97 Å². The minimum Gasteiger partial charge on any atom is -0.423 e. The van der Waals surface area contributed by atoms with Crippen LogP contribution in [0.5, 0.6) is 5.75 Å². The zero-order valence-corrected chi connectivity index (χ0v) is 9.39. The van der Waals surface area contributed by atoms with Crippen LogP contribution in [0.2, 0.25) is 0 Å². The third kappa shape index (κ3) is 2.06. The molecule has 0 aliphatic carbocycles. The van der Waals surface area contributed by atoms with Gasteiger partial charge in [-0.05, 0) is 19.1 Å². The molecule has 0 aliphatic rings. The summed E-state index contributed by atoms with van der Waals surface area (Å²) in [5.41, 5.74) is 1.59. The van der Waals surface area contributed by atoms with Crippen LogP contribution >= 0.6 is 0 Å². The summed E-state index contributed by atoms with van der Waals surface area (Å²) in [4.78, 5) is 11.0. The normalized spacial score (nSPS) is 9.94. The van der Waals surface area contributed by atoms with E-state index in [1.165, 1.54) is 6.92 Å². The number of aryl methyl sites for hydroxylation is 1. The highest BCUT2D eigenvalue weighted by Gasteiger charge is 2.13. The quantitative estimate of drug-likeness (QED) is 0.693. The van der Waals surface area contributed by atoms with Crippen LogP contribution in [-0.2, 0) is 4.79 Å². The molecular formula is C12H9N3O2. The summed E-state index contributed by atoms with van der Waals surface area (Å²) in [6.07, 6.45) is 0. The second-order valence-electron chi connectivity index (χ2n) is 3.60. The topological polar surface area (TPSA) is 75.9 Å². The molecule has 0 N–H and O–H groups in total. The first-order valence-electron chi connectivity index (χ1n) is 4.97. The Morgan fingerprint density at radius 2 is 2.18 bits per heavy atom. The minimum atomic E-state index is -0.489. The zero-order chi connectivity index (χ0) is 12.4. The molecule has 2 aromatic rings. The fraction of sp³-hybridized carbons (Fsp3) is 0.167. The van der Waals surface area contributed by atoms with Crippen LogP contribution in [0.25, 0.3) is 10.9 Å². The highest BCUT2D eigenvalue weighted by Crippen LogP contribution is 2.27. The number of carbonyl (C=O) groups excluding carboxylic acids is 1. The van der Waals surface area contributed by atoms with E-state index in [0.717, 1.165) is 5.56 Å². The molecule has 5 heteroatoms. The second kappa shape index (κ2) is 4.18. The van der Waals surface area contributed by atoms with Gasteiger partial charge in [-0.25, -0.2) is 0 Å². The Bertz CT molecular complexity index is 644. The summed E-state index contributed by atoms with van der Waals surface area (Å²) >= 11 is 0.